The van der Waals surface area contributed by atoms with Gasteiger partial charge in [0.05, 0.1) is 35.0 Å². The Kier molecular flexibility index (Phi) is 6.81. The smallest absolute Gasteiger partial charge is 0.411 e. The van der Waals surface area contributed by atoms with Crippen molar-refractivity contribution in [3.63, 3.8) is 0 Å². The summed E-state index contributed by atoms with van der Waals surface area (Å²) >= 11 is 12.3. The lowest BCUT2D eigenvalue weighted by molar-refractivity contribution is 0.102. The molecule has 4 aromatic rings. The molecule has 0 aliphatic rings. The largest absolute Gasteiger partial charge is 0.493 e. The Hall–Kier alpha value is -3.49. The maximum atomic E-state index is 13.3. The maximum Gasteiger partial charge on any atom is 0.411 e. The molecular weight excluding hydrogens is 481 g/mol. The monoisotopic (exact) mass is 501 g/mol. The van der Waals surface area contributed by atoms with E-state index in [-0.39, 0.29) is 21.7 Å². The molecule has 0 bridgehead atoms. The summed E-state index contributed by atoms with van der Waals surface area (Å²) in [5.41, 5.74) is 1.93. The van der Waals surface area contributed by atoms with Gasteiger partial charge >= 0.3 is 6.09 Å². The van der Waals surface area contributed by atoms with Gasteiger partial charge in [0.25, 0.3) is 5.91 Å². The Morgan fingerprint density at radius 3 is 2.50 bits per heavy atom. The first-order valence-electron chi connectivity index (χ1n) is 10.4. The van der Waals surface area contributed by atoms with Crippen LogP contribution in [0.15, 0.2) is 47.1 Å². The van der Waals surface area contributed by atoms with Crippen molar-refractivity contribution in [3.05, 3.63) is 58.3 Å². The molecule has 0 aliphatic carbocycles. The van der Waals surface area contributed by atoms with Gasteiger partial charge in [-0.05, 0) is 36.2 Å². The van der Waals surface area contributed by atoms with E-state index in [0.717, 1.165) is 0 Å². The molecule has 0 saturated carbocycles. The van der Waals surface area contributed by atoms with Crippen LogP contribution in [0.5, 0.6) is 5.75 Å². The average Bonchev–Trinajstić information content (AvgIpc) is 3.18. The number of rotatable bonds is 6. The summed E-state index contributed by atoms with van der Waals surface area (Å²) in [6.07, 6.45) is 2.20. The fourth-order valence-electron chi connectivity index (χ4n) is 3.39. The number of pyridine rings is 1. The van der Waals surface area contributed by atoms with E-state index >= 15 is 0 Å². The van der Waals surface area contributed by atoms with E-state index in [1.54, 1.807) is 30.3 Å². The van der Waals surface area contributed by atoms with E-state index in [1.165, 1.54) is 19.5 Å². The highest BCUT2D eigenvalue weighted by molar-refractivity contribution is 6.40. The number of amides is 2. The van der Waals surface area contributed by atoms with Crippen molar-refractivity contribution >= 4 is 68.5 Å². The second-order valence-corrected chi connectivity index (χ2v) is 8.70. The van der Waals surface area contributed by atoms with Crippen LogP contribution in [0.2, 0.25) is 10.0 Å². The molecule has 34 heavy (non-hydrogen) atoms. The number of anilines is 2. The van der Waals surface area contributed by atoms with Crippen molar-refractivity contribution in [1.29, 1.82) is 0 Å². The SMILES string of the molecule is COc1ccc(C(=O)Nc2c(Cl)cncc2Cl)c2c1oc1ccc(NC(=O)OCC(C)C)cc12. The van der Waals surface area contributed by atoms with Gasteiger partial charge in [0.2, 0.25) is 0 Å². The van der Waals surface area contributed by atoms with Crippen LogP contribution in [0, 0.1) is 5.92 Å². The zero-order chi connectivity index (χ0) is 24.4. The number of nitrogens with zero attached hydrogens (tertiary/aromatic N) is 1. The number of hydrogen-bond acceptors (Lipinski definition) is 6. The lowest BCUT2D eigenvalue weighted by atomic mass is 10.0. The van der Waals surface area contributed by atoms with Crippen LogP contribution in [-0.2, 0) is 4.74 Å². The molecule has 2 aromatic heterocycles. The molecule has 2 aromatic carbocycles. The lowest BCUT2D eigenvalue weighted by Gasteiger charge is -2.11. The first-order chi connectivity index (χ1) is 16.3. The third-order valence-electron chi connectivity index (χ3n) is 4.93. The summed E-state index contributed by atoms with van der Waals surface area (Å²) in [6, 6.07) is 8.35. The molecular formula is C24H21Cl2N3O5. The zero-order valence-corrected chi connectivity index (χ0v) is 20.1. The van der Waals surface area contributed by atoms with E-state index in [1.807, 2.05) is 13.8 Å². The van der Waals surface area contributed by atoms with Gasteiger partial charge in [0.15, 0.2) is 11.3 Å². The summed E-state index contributed by atoms with van der Waals surface area (Å²) in [6.45, 7) is 4.19. The minimum atomic E-state index is -0.571. The van der Waals surface area contributed by atoms with Crippen LogP contribution < -0.4 is 15.4 Å². The number of hydrogen-bond donors (Lipinski definition) is 2. The quantitative estimate of drug-likeness (QED) is 0.302. The van der Waals surface area contributed by atoms with Crippen molar-refractivity contribution in [2.45, 2.75) is 13.8 Å². The summed E-state index contributed by atoms with van der Waals surface area (Å²) in [7, 11) is 1.51. The molecule has 8 nitrogen and oxygen atoms in total. The van der Waals surface area contributed by atoms with Gasteiger partial charge in [-0.25, -0.2) is 4.79 Å². The van der Waals surface area contributed by atoms with Gasteiger partial charge in [0, 0.05) is 28.9 Å². The number of carbonyl (C=O) groups excluding carboxylic acids is 2. The normalized spacial score (nSPS) is 11.1. The summed E-state index contributed by atoms with van der Waals surface area (Å²) in [4.78, 5) is 29.3. The molecule has 2 N–H and O–H groups in total. The summed E-state index contributed by atoms with van der Waals surface area (Å²) in [5, 5.41) is 6.95. The molecule has 0 atom stereocenters. The molecule has 0 fully saturated rings. The van der Waals surface area contributed by atoms with Crippen LogP contribution in [0.4, 0.5) is 16.2 Å². The van der Waals surface area contributed by atoms with Crippen LogP contribution in [0.25, 0.3) is 21.9 Å². The molecule has 176 valence electrons. The van der Waals surface area contributed by atoms with Crippen molar-refractivity contribution in [2.24, 2.45) is 5.92 Å². The van der Waals surface area contributed by atoms with Crippen molar-refractivity contribution in [1.82, 2.24) is 4.98 Å². The molecule has 10 heteroatoms. The predicted molar refractivity (Wildman–Crippen MR) is 132 cm³/mol. The highest BCUT2D eigenvalue weighted by Crippen LogP contribution is 2.39. The van der Waals surface area contributed by atoms with E-state index < -0.39 is 12.0 Å². The van der Waals surface area contributed by atoms with Gasteiger partial charge in [-0.3, -0.25) is 15.1 Å². The highest BCUT2D eigenvalue weighted by atomic mass is 35.5. The molecule has 0 unspecified atom stereocenters. The zero-order valence-electron chi connectivity index (χ0n) is 18.6. The van der Waals surface area contributed by atoms with E-state index in [4.69, 9.17) is 37.1 Å². The number of nitrogens with one attached hydrogen (secondary N) is 2. The fraction of sp³-hybridized carbons (Fsp3) is 0.208. The van der Waals surface area contributed by atoms with E-state index in [2.05, 4.69) is 15.6 Å². The number of ether oxygens (including phenoxy) is 2. The molecule has 2 amide bonds. The van der Waals surface area contributed by atoms with Crippen LogP contribution in [-0.4, -0.2) is 30.7 Å². The summed E-state index contributed by atoms with van der Waals surface area (Å²) in [5.74, 6) is 0.204. The fourth-order valence-corrected chi connectivity index (χ4v) is 3.85. The number of halogens is 2. The number of methoxy groups -OCH3 is 1. The number of fused-ring (bicyclic) bond motifs is 3. The van der Waals surface area contributed by atoms with Gasteiger partial charge < -0.3 is 19.2 Å². The Morgan fingerprint density at radius 1 is 1.09 bits per heavy atom. The standard InChI is InChI=1S/C24H21Cl2N3O5/c1-12(2)11-33-24(31)28-13-4-6-18-15(8-13)20-14(5-7-19(32-3)22(20)34-18)23(30)29-21-16(25)9-27-10-17(21)26/h4-10,12H,11H2,1-3H3,(H,28,31)(H,27,29,30). The first-order valence-corrected chi connectivity index (χ1v) is 11.1. The first kappa shape index (κ1) is 23.7. The molecule has 2 heterocycles. The number of benzene rings is 2. The van der Waals surface area contributed by atoms with Gasteiger partial charge in [0.1, 0.15) is 5.58 Å². The van der Waals surface area contributed by atoms with Crippen molar-refractivity contribution in [3.8, 4) is 5.75 Å². The van der Waals surface area contributed by atoms with Crippen LogP contribution in [0.1, 0.15) is 24.2 Å². The third-order valence-corrected chi connectivity index (χ3v) is 5.51. The Labute approximate surface area is 205 Å². The Bertz CT molecular complexity index is 1380. The Balaban J connectivity index is 1.77. The second-order valence-electron chi connectivity index (χ2n) is 7.88. The van der Waals surface area contributed by atoms with E-state index in [0.29, 0.717) is 45.5 Å². The van der Waals surface area contributed by atoms with Gasteiger partial charge in [-0.1, -0.05) is 37.0 Å². The molecule has 4 rings (SSSR count). The molecule has 0 aliphatic heterocycles. The summed E-state index contributed by atoms with van der Waals surface area (Å²) < 4.78 is 16.6. The average molecular weight is 502 g/mol. The van der Waals surface area contributed by atoms with Crippen LogP contribution in [0.3, 0.4) is 0 Å². The number of carbonyl (C=O) groups is 2. The molecule has 0 saturated heterocycles. The van der Waals surface area contributed by atoms with Gasteiger partial charge in [-0.15, -0.1) is 0 Å². The number of furan rings is 1. The Morgan fingerprint density at radius 2 is 1.82 bits per heavy atom. The minimum absolute atomic E-state index is 0.203. The number of aromatic nitrogens is 1. The topological polar surface area (TPSA) is 103 Å². The van der Waals surface area contributed by atoms with Crippen molar-refractivity contribution in [2.75, 3.05) is 24.4 Å². The van der Waals surface area contributed by atoms with E-state index in [9.17, 15) is 9.59 Å². The third kappa shape index (κ3) is 4.73. The highest BCUT2D eigenvalue weighted by Gasteiger charge is 2.21. The molecule has 0 radical (unpaired) electrons. The minimum Gasteiger partial charge on any atom is -0.493 e. The second kappa shape index (κ2) is 9.79. The molecule has 0 spiro atoms. The van der Waals surface area contributed by atoms with Crippen LogP contribution >= 0.6 is 23.2 Å². The predicted octanol–water partition coefficient (Wildman–Crippen LogP) is 6.75. The van der Waals surface area contributed by atoms with Crippen molar-refractivity contribution < 1.29 is 23.5 Å². The maximum absolute atomic E-state index is 13.3. The lowest BCUT2D eigenvalue weighted by Crippen LogP contribution is -2.16. The van der Waals surface area contributed by atoms with Gasteiger partial charge in [-0.2, -0.15) is 0 Å².